The smallest absolute Gasteiger partial charge is 0.408 e. The molecule has 1 atom stereocenters. The zero-order valence-electron chi connectivity index (χ0n) is 9.40. The fourth-order valence-electron chi connectivity index (χ4n) is 2.08. The standard InChI is InChI=1S/C12H15FN2O2/c13-9-4-3-5-10(8-9)14-11-6-1-2-7-15(11)12(16)17/h3-5,8,11,14H,1-2,6-7H2,(H,16,17). The lowest BCUT2D eigenvalue weighted by Gasteiger charge is -2.34. The average molecular weight is 238 g/mol. The van der Waals surface area contributed by atoms with E-state index in [2.05, 4.69) is 5.32 Å². The number of halogens is 1. The van der Waals surface area contributed by atoms with E-state index in [4.69, 9.17) is 5.11 Å². The molecule has 0 saturated carbocycles. The van der Waals surface area contributed by atoms with Crippen molar-refractivity contribution in [3.63, 3.8) is 0 Å². The number of rotatable bonds is 2. The number of amides is 1. The first-order valence-electron chi connectivity index (χ1n) is 5.68. The molecule has 0 aromatic heterocycles. The van der Waals surface area contributed by atoms with Crippen LogP contribution in [0.4, 0.5) is 14.9 Å². The van der Waals surface area contributed by atoms with E-state index < -0.39 is 6.09 Å². The van der Waals surface area contributed by atoms with Gasteiger partial charge in [0.15, 0.2) is 0 Å². The third-order valence-electron chi connectivity index (χ3n) is 2.91. The molecule has 1 aromatic carbocycles. The molecular weight excluding hydrogens is 223 g/mol. The highest BCUT2D eigenvalue weighted by molar-refractivity contribution is 5.66. The maximum atomic E-state index is 13.0. The third-order valence-corrected chi connectivity index (χ3v) is 2.91. The Morgan fingerprint density at radius 2 is 2.29 bits per heavy atom. The molecule has 1 amide bonds. The number of hydrogen-bond acceptors (Lipinski definition) is 2. The molecule has 0 radical (unpaired) electrons. The number of piperidine rings is 1. The summed E-state index contributed by atoms with van der Waals surface area (Å²) in [6.45, 7) is 0.530. The van der Waals surface area contributed by atoms with Crippen molar-refractivity contribution >= 4 is 11.8 Å². The Bertz CT molecular complexity index is 411. The minimum Gasteiger partial charge on any atom is -0.465 e. The average Bonchev–Trinajstić information content (AvgIpc) is 2.29. The van der Waals surface area contributed by atoms with E-state index in [1.165, 1.54) is 17.0 Å². The van der Waals surface area contributed by atoms with E-state index in [1.807, 2.05) is 0 Å². The molecule has 5 heteroatoms. The van der Waals surface area contributed by atoms with Crippen molar-refractivity contribution in [1.29, 1.82) is 0 Å². The molecule has 17 heavy (non-hydrogen) atoms. The lowest BCUT2D eigenvalue weighted by atomic mass is 10.1. The summed E-state index contributed by atoms with van der Waals surface area (Å²) in [6, 6.07) is 6.07. The van der Waals surface area contributed by atoms with Gasteiger partial charge < -0.3 is 10.4 Å². The van der Waals surface area contributed by atoms with E-state index >= 15 is 0 Å². The predicted octanol–water partition coefficient (Wildman–Crippen LogP) is 2.73. The Morgan fingerprint density at radius 3 is 3.00 bits per heavy atom. The second kappa shape index (κ2) is 5.03. The third kappa shape index (κ3) is 2.87. The van der Waals surface area contributed by atoms with E-state index in [-0.39, 0.29) is 12.0 Å². The number of benzene rings is 1. The van der Waals surface area contributed by atoms with E-state index in [0.29, 0.717) is 12.2 Å². The van der Waals surface area contributed by atoms with Crippen molar-refractivity contribution in [1.82, 2.24) is 4.90 Å². The number of carbonyl (C=O) groups is 1. The van der Waals surface area contributed by atoms with Crippen LogP contribution in [-0.4, -0.2) is 28.8 Å². The molecule has 1 unspecified atom stereocenters. The van der Waals surface area contributed by atoms with Gasteiger partial charge in [0, 0.05) is 12.2 Å². The van der Waals surface area contributed by atoms with Crippen LogP contribution in [0.5, 0.6) is 0 Å². The van der Waals surface area contributed by atoms with Gasteiger partial charge in [0.2, 0.25) is 0 Å². The Morgan fingerprint density at radius 1 is 1.47 bits per heavy atom. The molecule has 1 aromatic rings. The van der Waals surface area contributed by atoms with Crippen molar-refractivity contribution in [3.8, 4) is 0 Å². The second-order valence-corrected chi connectivity index (χ2v) is 4.14. The quantitative estimate of drug-likeness (QED) is 0.833. The Kier molecular flexibility index (Phi) is 3.46. The number of nitrogens with zero attached hydrogens (tertiary/aromatic N) is 1. The highest BCUT2D eigenvalue weighted by Crippen LogP contribution is 2.20. The molecule has 1 aliphatic heterocycles. The number of anilines is 1. The van der Waals surface area contributed by atoms with Crippen molar-refractivity contribution in [2.75, 3.05) is 11.9 Å². The molecule has 0 bridgehead atoms. The van der Waals surface area contributed by atoms with E-state index in [0.717, 1.165) is 19.3 Å². The van der Waals surface area contributed by atoms with Gasteiger partial charge in [-0.3, -0.25) is 4.90 Å². The fraction of sp³-hybridized carbons (Fsp3) is 0.417. The number of likely N-dealkylation sites (tertiary alicyclic amines) is 1. The Hall–Kier alpha value is -1.78. The lowest BCUT2D eigenvalue weighted by molar-refractivity contribution is 0.115. The summed E-state index contributed by atoms with van der Waals surface area (Å²) in [5.74, 6) is -0.326. The Balaban J connectivity index is 2.08. The van der Waals surface area contributed by atoms with Gasteiger partial charge in [0.25, 0.3) is 0 Å². The molecule has 2 rings (SSSR count). The molecule has 4 nitrogen and oxygen atoms in total. The molecule has 2 N–H and O–H groups in total. The molecule has 1 heterocycles. The normalized spacial score (nSPS) is 20.1. The maximum Gasteiger partial charge on any atom is 0.408 e. The molecule has 0 aliphatic carbocycles. The number of carboxylic acid groups (broad SMARTS) is 1. The monoisotopic (exact) mass is 238 g/mol. The van der Waals surface area contributed by atoms with Crippen LogP contribution in [0.3, 0.4) is 0 Å². The van der Waals surface area contributed by atoms with Crippen LogP contribution in [0.2, 0.25) is 0 Å². The van der Waals surface area contributed by atoms with Gasteiger partial charge in [0.1, 0.15) is 12.0 Å². The van der Waals surface area contributed by atoms with E-state index in [1.54, 1.807) is 12.1 Å². The molecule has 0 spiro atoms. The van der Waals surface area contributed by atoms with Gasteiger partial charge in [-0.05, 0) is 37.5 Å². The molecular formula is C12H15FN2O2. The van der Waals surface area contributed by atoms with Gasteiger partial charge in [-0.15, -0.1) is 0 Å². The summed E-state index contributed by atoms with van der Waals surface area (Å²) in [5.41, 5.74) is 0.614. The van der Waals surface area contributed by atoms with Crippen LogP contribution in [0.15, 0.2) is 24.3 Å². The molecule has 1 aliphatic rings. The topological polar surface area (TPSA) is 52.6 Å². The highest BCUT2D eigenvalue weighted by atomic mass is 19.1. The van der Waals surface area contributed by atoms with Crippen molar-refractivity contribution in [2.45, 2.75) is 25.4 Å². The summed E-state index contributed by atoms with van der Waals surface area (Å²) >= 11 is 0. The minimum absolute atomic E-state index is 0.261. The largest absolute Gasteiger partial charge is 0.465 e. The van der Waals surface area contributed by atoms with Crippen LogP contribution >= 0.6 is 0 Å². The predicted molar refractivity (Wildman–Crippen MR) is 62.4 cm³/mol. The zero-order chi connectivity index (χ0) is 12.3. The van der Waals surface area contributed by atoms with Gasteiger partial charge in [-0.25, -0.2) is 9.18 Å². The molecule has 1 fully saturated rings. The second-order valence-electron chi connectivity index (χ2n) is 4.14. The number of hydrogen-bond donors (Lipinski definition) is 2. The summed E-state index contributed by atoms with van der Waals surface area (Å²) < 4.78 is 13.0. The summed E-state index contributed by atoms with van der Waals surface area (Å²) in [7, 11) is 0. The first-order valence-corrected chi connectivity index (χ1v) is 5.68. The lowest BCUT2D eigenvalue weighted by Crippen LogP contribution is -2.47. The summed E-state index contributed by atoms with van der Waals surface area (Å²) in [6.07, 6.45) is 1.43. The van der Waals surface area contributed by atoms with Crippen molar-refractivity contribution in [2.24, 2.45) is 0 Å². The zero-order valence-corrected chi connectivity index (χ0v) is 9.40. The van der Waals surface area contributed by atoms with Crippen LogP contribution in [-0.2, 0) is 0 Å². The van der Waals surface area contributed by atoms with Crippen LogP contribution in [0.1, 0.15) is 19.3 Å². The maximum absolute atomic E-state index is 13.0. The van der Waals surface area contributed by atoms with Gasteiger partial charge in [-0.1, -0.05) is 6.07 Å². The fourth-order valence-corrected chi connectivity index (χ4v) is 2.08. The SMILES string of the molecule is O=C(O)N1CCCCC1Nc1cccc(F)c1. The van der Waals surface area contributed by atoms with E-state index in [9.17, 15) is 9.18 Å². The molecule has 1 saturated heterocycles. The van der Waals surface area contributed by atoms with Gasteiger partial charge >= 0.3 is 6.09 Å². The first kappa shape index (κ1) is 11.7. The highest BCUT2D eigenvalue weighted by Gasteiger charge is 2.25. The summed E-state index contributed by atoms with van der Waals surface area (Å²) in [5, 5.41) is 12.1. The van der Waals surface area contributed by atoms with Crippen molar-refractivity contribution in [3.05, 3.63) is 30.1 Å². The number of nitrogens with one attached hydrogen (secondary N) is 1. The minimum atomic E-state index is -0.932. The van der Waals surface area contributed by atoms with Crippen LogP contribution in [0.25, 0.3) is 0 Å². The van der Waals surface area contributed by atoms with Crippen molar-refractivity contribution < 1.29 is 14.3 Å². The summed E-state index contributed by atoms with van der Waals surface area (Å²) in [4.78, 5) is 12.4. The van der Waals surface area contributed by atoms with Crippen LogP contribution < -0.4 is 5.32 Å². The first-order chi connectivity index (χ1) is 8.16. The molecule has 92 valence electrons. The Labute approximate surface area is 99.0 Å². The van der Waals surface area contributed by atoms with Crippen LogP contribution in [0, 0.1) is 5.82 Å². The van der Waals surface area contributed by atoms with Gasteiger partial charge in [-0.2, -0.15) is 0 Å². The van der Waals surface area contributed by atoms with Gasteiger partial charge in [0.05, 0.1) is 0 Å².